The zero-order valence-corrected chi connectivity index (χ0v) is 14.0. The minimum Gasteiger partial charge on any atom is -0.398 e. The fourth-order valence-corrected chi connectivity index (χ4v) is 2.41. The summed E-state index contributed by atoms with van der Waals surface area (Å²) in [5.41, 5.74) is 8.36. The number of nitrogens with two attached hydrogens (primary N) is 1. The molecule has 0 saturated carbocycles. The van der Waals surface area contributed by atoms with Crippen molar-refractivity contribution in [1.29, 1.82) is 0 Å². The van der Waals surface area contributed by atoms with Gasteiger partial charge in [-0.05, 0) is 52.3 Å². The van der Waals surface area contributed by atoms with Gasteiger partial charge in [-0.2, -0.15) is 0 Å². The van der Waals surface area contributed by atoms with E-state index in [-0.39, 0.29) is 5.91 Å². The first-order valence-electron chi connectivity index (χ1n) is 6.21. The third-order valence-corrected chi connectivity index (χ3v) is 3.87. The minimum atomic E-state index is -0.221. The molecule has 0 saturated heterocycles. The number of rotatable bonds is 3. The van der Waals surface area contributed by atoms with Gasteiger partial charge in [-0.3, -0.25) is 4.79 Å². The first kappa shape index (κ1) is 15.7. The van der Waals surface area contributed by atoms with E-state index < -0.39 is 0 Å². The highest BCUT2D eigenvalue weighted by Gasteiger charge is 2.12. The number of nitrogen functional groups attached to an aromatic ring is 1. The van der Waals surface area contributed by atoms with Crippen LogP contribution in [-0.4, -0.2) is 20.0 Å². The second kappa shape index (κ2) is 6.37. The van der Waals surface area contributed by atoms with E-state index >= 15 is 0 Å². The lowest BCUT2D eigenvalue weighted by atomic mass is 10.2. The van der Waals surface area contributed by atoms with E-state index in [0.29, 0.717) is 26.4 Å². The molecule has 0 bridgehead atoms. The number of anilines is 3. The quantitative estimate of drug-likeness (QED) is 0.805. The highest BCUT2D eigenvalue weighted by Crippen LogP contribution is 2.28. The summed E-state index contributed by atoms with van der Waals surface area (Å²) < 4.78 is 0.689. The van der Waals surface area contributed by atoms with Gasteiger partial charge in [0.05, 0.1) is 11.4 Å². The molecule has 110 valence electrons. The zero-order chi connectivity index (χ0) is 15.6. The summed E-state index contributed by atoms with van der Waals surface area (Å²) in [5, 5.41) is 3.43. The van der Waals surface area contributed by atoms with Gasteiger partial charge in [-0.15, -0.1) is 0 Å². The number of amides is 1. The van der Waals surface area contributed by atoms with E-state index in [4.69, 9.17) is 17.3 Å². The number of hydrogen-bond acceptors (Lipinski definition) is 3. The number of carbonyl (C=O) groups excluding carboxylic acids is 1. The number of hydrogen-bond donors (Lipinski definition) is 2. The van der Waals surface area contributed by atoms with E-state index in [1.54, 1.807) is 30.3 Å². The lowest BCUT2D eigenvalue weighted by Gasteiger charge is -2.18. The Morgan fingerprint density at radius 1 is 1.24 bits per heavy atom. The van der Waals surface area contributed by atoms with Crippen LogP contribution in [0.3, 0.4) is 0 Å². The third kappa shape index (κ3) is 3.68. The predicted molar refractivity (Wildman–Crippen MR) is 92.3 cm³/mol. The Kier molecular flexibility index (Phi) is 4.75. The fourth-order valence-electron chi connectivity index (χ4n) is 1.86. The molecule has 0 heterocycles. The van der Waals surface area contributed by atoms with Crippen molar-refractivity contribution in [3.8, 4) is 0 Å². The maximum absolute atomic E-state index is 12.3. The third-order valence-electron chi connectivity index (χ3n) is 2.95. The molecule has 0 aromatic heterocycles. The van der Waals surface area contributed by atoms with Crippen LogP contribution in [0.25, 0.3) is 0 Å². The van der Waals surface area contributed by atoms with E-state index in [9.17, 15) is 4.79 Å². The van der Waals surface area contributed by atoms with Crippen molar-refractivity contribution < 1.29 is 4.79 Å². The van der Waals surface area contributed by atoms with E-state index in [0.717, 1.165) is 5.69 Å². The molecule has 21 heavy (non-hydrogen) atoms. The average Bonchev–Trinajstić information content (AvgIpc) is 2.41. The second-order valence-electron chi connectivity index (χ2n) is 4.75. The first-order valence-corrected chi connectivity index (χ1v) is 7.39. The molecule has 2 aromatic rings. The summed E-state index contributed by atoms with van der Waals surface area (Å²) in [6, 6.07) is 10.4. The molecule has 0 radical (unpaired) electrons. The molecule has 0 spiro atoms. The first-order chi connectivity index (χ1) is 9.88. The Morgan fingerprint density at radius 3 is 2.57 bits per heavy atom. The molecular weight excluding hydrogens is 354 g/mol. The summed E-state index contributed by atoms with van der Waals surface area (Å²) >= 11 is 9.32. The molecule has 0 fully saturated rings. The molecule has 0 unspecified atom stereocenters. The van der Waals surface area contributed by atoms with Gasteiger partial charge < -0.3 is 16.0 Å². The summed E-state index contributed by atoms with van der Waals surface area (Å²) in [6.07, 6.45) is 0. The van der Waals surface area contributed by atoms with Crippen molar-refractivity contribution in [1.82, 2.24) is 0 Å². The lowest BCUT2D eigenvalue weighted by Crippen LogP contribution is -2.16. The zero-order valence-electron chi connectivity index (χ0n) is 11.7. The molecule has 4 nitrogen and oxygen atoms in total. The highest BCUT2D eigenvalue weighted by atomic mass is 79.9. The van der Waals surface area contributed by atoms with Crippen LogP contribution in [0.5, 0.6) is 0 Å². The Hall–Kier alpha value is -1.72. The summed E-state index contributed by atoms with van der Waals surface area (Å²) in [7, 11) is 3.80. The smallest absolute Gasteiger partial charge is 0.255 e. The maximum Gasteiger partial charge on any atom is 0.255 e. The fraction of sp³-hybridized carbons (Fsp3) is 0.133. The molecule has 0 aliphatic rings. The van der Waals surface area contributed by atoms with Gasteiger partial charge in [-0.25, -0.2) is 0 Å². The van der Waals surface area contributed by atoms with Gasteiger partial charge in [0.1, 0.15) is 0 Å². The number of carbonyl (C=O) groups is 1. The van der Waals surface area contributed by atoms with Gasteiger partial charge in [0.2, 0.25) is 0 Å². The molecule has 0 aliphatic heterocycles. The predicted octanol–water partition coefficient (Wildman–Crippen LogP) is 4.00. The SMILES string of the molecule is CN(C)c1ccc(Cl)cc1NC(=O)c1ccc(N)c(Br)c1. The Balaban J connectivity index is 2.30. The van der Waals surface area contributed by atoms with Crippen molar-refractivity contribution in [2.24, 2.45) is 0 Å². The molecule has 3 N–H and O–H groups in total. The molecule has 0 aliphatic carbocycles. The summed E-state index contributed by atoms with van der Waals surface area (Å²) in [4.78, 5) is 14.2. The van der Waals surface area contributed by atoms with Gasteiger partial charge in [-0.1, -0.05) is 11.6 Å². The molecule has 0 atom stereocenters. The molecular formula is C15H15BrClN3O. The monoisotopic (exact) mass is 367 g/mol. The largest absolute Gasteiger partial charge is 0.398 e. The number of halogens is 2. The van der Waals surface area contributed by atoms with Crippen molar-refractivity contribution in [2.75, 3.05) is 30.0 Å². The average molecular weight is 369 g/mol. The summed E-state index contributed by atoms with van der Waals surface area (Å²) in [5.74, 6) is -0.221. The van der Waals surface area contributed by atoms with Gasteiger partial charge in [0.25, 0.3) is 5.91 Å². The molecule has 1 amide bonds. The van der Waals surface area contributed by atoms with Gasteiger partial charge in [0.15, 0.2) is 0 Å². The number of nitrogens with zero attached hydrogens (tertiary/aromatic N) is 1. The second-order valence-corrected chi connectivity index (χ2v) is 6.04. The van der Waals surface area contributed by atoms with Gasteiger partial charge in [0, 0.05) is 34.8 Å². The number of benzene rings is 2. The van der Waals surface area contributed by atoms with E-state index in [2.05, 4.69) is 21.2 Å². The van der Waals surface area contributed by atoms with E-state index in [1.807, 2.05) is 25.1 Å². The molecule has 2 aromatic carbocycles. The topological polar surface area (TPSA) is 58.4 Å². The van der Waals surface area contributed by atoms with Crippen LogP contribution in [0, 0.1) is 0 Å². The number of nitrogens with one attached hydrogen (secondary N) is 1. The van der Waals surface area contributed by atoms with Gasteiger partial charge >= 0.3 is 0 Å². The van der Waals surface area contributed by atoms with Crippen molar-refractivity contribution in [2.45, 2.75) is 0 Å². The van der Waals surface area contributed by atoms with Crippen LogP contribution < -0.4 is 16.0 Å². The van der Waals surface area contributed by atoms with Crippen molar-refractivity contribution >= 4 is 50.5 Å². The maximum atomic E-state index is 12.3. The normalized spacial score (nSPS) is 10.3. The van der Waals surface area contributed by atoms with E-state index in [1.165, 1.54) is 0 Å². The van der Waals surface area contributed by atoms with Crippen molar-refractivity contribution in [3.63, 3.8) is 0 Å². The Morgan fingerprint density at radius 2 is 1.95 bits per heavy atom. The van der Waals surface area contributed by atoms with Crippen LogP contribution in [0.15, 0.2) is 40.9 Å². The summed E-state index contributed by atoms with van der Waals surface area (Å²) in [6.45, 7) is 0. The minimum absolute atomic E-state index is 0.221. The highest BCUT2D eigenvalue weighted by molar-refractivity contribution is 9.10. The van der Waals surface area contributed by atoms with Crippen LogP contribution >= 0.6 is 27.5 Å². The standard InChI is InChI=1S/C15H15BrClN3O/c1-20(2)14-6-4-10(17)8-13(14)19-15(21)9-3-5-12(18)11(16)7-9/h3-8H,18H2,1-2H3,(H,19,21). The lowest BCUT2D eigenvalue weighted by molar-refractivity contribution is 0.102. The Labute approximate surface area is 137 Å². The van der Waals surface area contributed by atoms with Crippen molar-refractivity contribution in [3.05, 3.63) is 51.5 Å². The van der Waals surface area contributed by atoms with Crippen LogP contribution in [-0.2, 0) is 0 Å². The van der Waals surface area contributed by atoms with Crippen LogP contribution in [0.1, 0.15) is 10.4 Å². The van der Waals surface area contributed by atoms with Crippen LogP contribution in [0.4, 0.5) is 17.1 Å². The molecule has 6 heteroatoms. The Bertz CT molecular complexity index is 689. The van der Waals surface area contributed by atoms with Crippen LogP contribution in [0.2, 0.25) is 5.02 Å². The molecule has 2 rings (SSSR count).